The summed E-state index contributed by atoms with van der Waals surface area (Å²) in [6.07, 6.45) is 1.78. The van der Waals surface area contributed by atoms with Gasteiger partial charge in [0.1, 0.15) is 5.75 Å². The number of hydrogen-bond donors (Lipinski definition) is 1. The van der Waals surface area contributed by atoms with Gasteiger partial charge in [-0.25, -0.2) is 0 Å². The zero-order valence-corrected chi connectivity index (χ0v) is 8.90. The molecule has 0 saturated carbocycles. The molecule has 0 amide bonds. The molecule has 0 saturated heterocycles. The SMILES string of the molecule is COc1ccc2ncccc2c1C(C)N. The molecular formula is C12H14N2O. The van der Waals surface area contributed by atoms with Gasteiger partial charge in [0.15, 0.2) is 0 Å². The largest absolute Gasteiger partial charge is 0.496 e. The van der Waals surface area contributed by atoms with E-state index in [0.717, 1.165) is 22.2 Å². The highest BCUT2D eigenvalue weighted by molar-refractivity contribution is 5.84. The number of nitrogens with zero attached hydrogens (tertiary/aromatic N) is 1. The molecule has 2 N–H and O–H groups in total. The van der Waals surface area contributed by atoms with Gasteiger partial charge in [-0.15, -0.1) is 0 Å². The fraction of sp³-hybridized carbons (Fsp3) is 0.250. The molecule has 0 spiro atoms. The number of nitrogens with two attached hydrogens (primary N) is 1. The summed E-state index contributed by atoms with van der Waals surface area (Å²) in [6, 6.07) is 7.72. The zero-order chi connectivity index (χ0) is 10.8. The van der Waals surface area contributed by atoms with E-state index in [1.54, 1.807) is 13.3 Å². The Morgan fingerprint density at radius 3 is 2.80 bits per heavy atom. The van der Waals surface area contributed by atoms with Gasteiger partial charge < -0.3 is 10.5 Å². The smallest absolute Gasteiger partial charge is 0.124 e. The van der Waals surface area contributed by atoms with Crippen LogP contribution in [-0.4, -0.2) is 12.1 Å². The number of rotatable bonds is 2. The van der Waals surface area contributed by atoms with Gasteiger partial charge >= 0.3 is 0 Å². The summed E-state index contributed by atoms with van der Waals surface area (Å²) < 4.78 is 5.31. The van der Waals surface area contributed by atoms with Crippen LogP contribution in [0, 0.1) is 0 Å². The van der Waals surface area contributed by atoms with Crippen molar-refractivity contribution in [2.24, 2.45) is 5.73 Å². The summed E-state index contributed by atoms with van der Waals surface area (Å²) in [5.74, 6) is 0.825. The van der Waals surface area contributed by atoms with Crippen molar-refractivity contribution >= 4 is 10.9 Å². The van der Waals surface area contributed by atoms with Crippen LogP contribution in [0.3, 0.4) is 0 Å². The van der Waals surface area contributed by atoms with Gasteiger partial charge in [0.05, 0.1) is 12.6 Å². The first-order valence-corrected chi connectivity index (χ1v) is 4.91. The third kappa shape index (κ3) is 1.66. The second-order valence-electron chi connectivity index (χ2n) is 3.54. The standard InChI is InChI=1S/C12H14N2O/c1-8(13)12-9-4-3-7-14-10(9)5-6-11(12)15-2/h3-8H,13H2,1-2H3. The van der Waals surface area contributed by atoms with Crippen molar-refractivity contribution < 1.29 is 4.74 Å². The van der Waals surface area contributed by atoms with Crippen LogP contribution in [0.15, 0.2) is 30.5 Å². The van der Waals surface area contributed by atoms with E-state index in [4.69, 9.17) is 10.5 Å². The fourth-order valence-electron chi connectivity index (χ4n) is 1.80. The number of hydrogen-bond acceptors (Lipinski definition) is 3. The van der Waals surface area contributed by atoms with Gasteiger partial charge in [-0.1, -0.05) is 6.07 Å². The van der Waals surface area contributed by atoms with E-state index < -0.39 is 0 Å². The fourth-order valence-corrected chi connectivity index (χ4v) is 1.80. The molecule has 1 unspecified atom stereocenters. The van der Waals surface area contributed by atoms with Gasteiger partial charge in [-0.2, -0.15) is 0 Å². The van der Waals surface area contributed by atoms with Crippen LogP contribution in [0.1, 0.15) is 18.5 Å². The van der Waals surface area contributed by atoms with Crippen molar-refractivity contribution in [3.05, 3.63) is 36.0 Å². The third-order valence-electron chi connectivity index (χ3n) is 2.46. The van der Waals surface area contributed by atoms with Crippen LogP contribution in [-0.2, 0) is 0 Å². The molecule has 0 aliphatic carbocycles. The average molecular weight is 202 g/mol. The molecule has 0 aliphatic heterocycles. The highest BCUT2D eigenvalue weighted by Gasteiger charge is 2.11. The van der Waals surface area contributed by atoms with Crippen molar-refractivity contribution in [1.29, 1.82) is 0 Å². The first kappa shape index (κ1) is 9.93. The van der Waals surface area contributed by atoms with Gasteiger partial charge in [-0.3, -0.25) is 4.98 Å². The minimum Gasteiger partial charge on any atom is -0.496 e. The van der Waals surface area contributed by atoms with Crippen molar-refractivity contribution in [2.45, 2.75) is 13.0 Å². The lowest BCUT2D eigenvalue weighted by molar-refractivity contribution is 0.408. The minimum atomic E-state index is -0.0622. The Kier molecular flexibility index (Phi) is 2.56. The molecule has 0 aliphatic rings. The summed E-state index contributed by atoms with van der Waals surface area (Å²) in [7, 11) is 1.66. The molecule has 78 valence electrons. The molecule has 3 heteroatoms. The van der Waals surface area contributed by atoms with Crippen molar-refractivity contribution in [3.8, 4) is 5.75 Å². The van der Waals surface area contributed by atoms with E-state index in [1.807, 2.05) is 31.2 Å². The molecule has 1 atom stereocenters. The summed E-state index contributed by atoms with van der Waals surface area (Å²) in [4.78, 5) is 4.29. The van der Waals surface area contributed by atoms with E-state index >= 15 is 0 Å². The topological polar surface area (TPSA) is 48.1 Å². The maximum atomic E-state index is 5.95. The van der Waals surface area contributed by atoms with Crippen LogP contribution in [0.5, 0.6) is 5.75 Å². The van der Waals surface area contributed by atoms with Gasteiger partial charge in [-0.05, 0) is 25.1 Å². The monoisotopic (exact) mass is 202 g/mol. The van der Waals surface area contributed by atoms with E-state index in [-0.39, 0.29) is 6.04 Å². The highest BCUT2D eigenvalue weighted by atomic mass is 16.5. The predicted molar refractivity (Wildman–Crippen MR) is 60.9 cm³/mol. The molecule has 1 heterocycles. The van der Waals surface area contributed by atoms with Crippen LogP contribution < -0.4 is 10.5 Å². The van der Waals surface area contributed by atoms with Crippen LogP contribution in [0.25, 0.3) is 10.9 Å². The van der Waals surface area contributed by atoms with Crippen molar-refractivity contribution in [3.63, 3.8) is 0 Å². The minimum absolute atomic E-state index is 0.0622. The average Bonchev–Trinajstić information content (AvgIpc) is 2.27. The van der Waals surface area contributed by atoms with Gasteiger partial charge in [0.25, 0.3) is 0 Å². The first-order valence-electron chi connectivity index (χ1n) is 4.91. The van der Waals surface area contributed by atoms with Crippen LogP contribution in [0.4, 0.5) is 0 Å². The van der Waals surface area contributed by atoms with Crippen LogP contribution in [0.2, 0.25) is 0 Å². The van der Waals surface area contributed by atoms with Gasteiger partial charge in [0, 0.05) is 23.2 Å². The lowest BCUT2D eigenvalue weighted by Crippen LogP contribution is -2.07. The number of methoxy groups -OCH3 is 1. The second kappa shape index (κ2) is 3.87. The van der Waals surface area contributed by atoms with E-state index in [0.29, 0.717) is 0 Å². The maximum Gasteiger partial charge on any atom is 0.124 e. The molecule has 0 radical (unpaired) electrons. The van der Waals surface area contributed by atoms with Crippen molar-refractivity contribution in [1.82, 2.24) is 4.98 Å². The molecule has 1 aromatic carbocycles. The summed E-state index contributed by atoms with van der Waals surface area (Å²) >= 11 is 0. The normalized spacial score (nSPS) is 12.7. The second-order valence-corrected chi connectivity index (χ2v) is 3.54. The molecule has 3 nitrogen and oxygen atoms in total. The Morgan fingerprint density at radius 1 is 1.33 bits per heavy atom. The van der Waals surface area contributed by atoms with Crippen molar-refractivity contribution in [2.75, 3.05) is 7.11 Å². The Labute approximate surface area is 88.9 Å². The summed E-state index contributed by atoms with van der Waals surface area (Å²) in [5, 5.41) is 1.06. The molecule has 0 fully saturated rings. The molecule has 0 bridgehead atoms. The summed E-state index contributed by atoms with van der Waals surface area (Å²) in [5.41, 5.74) is 7.91. The first-order chi connectivity index (χ1) is 7.24. The zero-order valence-electron chi connectivity index (χ0n) is 8.90. The molecule has 2 rings (SSSR count). The number of ether oxygens (including phenoxy) is 1. The lowest BCUT2D eigenvalue weighted by atomic mass is 10.0. The van der Waals surface area contributed by atoms with Gasteiger partial charge in [0.2, 0.25) is 0 Å². The number of pyridine rings is 1. The van der Waals surface area contributed by atoms with E-state index in [2.05, 4.69) is 4.98 Å². The number of fused-ring (bicyclic) bond motifs is 1. The maximum absolute atomic E-state index is 5.95. The number of benzene rings is 1. The molecule has 2 aromatic rings. The molecule has 1 aromatic heterocycles. The molecule has 15 heavy (non-hydrogen) atoms. The Balaban J connectivity index is 2.79. The quantitative estimate of drug-likeness (QED) is 0.812. The molecular weight excluding hydrogens is 188 g/mol. The van der Waals surface area contributed by atoms with Crippen LogP contribution >= 0.6 is 0 Å². The highest BCUT2D eigenvalue weighted by Crippen LogP contribution is 2.30. The van der Waals surface area contributed by atoms with E-state index in [9.17, 15) is 0 Å². The Bertz CT molecular complexity index is 480. The predicted octanol–water partition coefficient (Wildman–Crippen LogP) is 2.26. The Morgan fingerprint density at radius 2 is 2.13 bits per heavy atom. The van der Waals surface area contributed by atoms with E-state index in [1.165, 1.54) is 0 Å². The number of aromatic nitrogens is 1. The summed E-state index contributed by atoms with van der Waals surface area (Å²) in [6.45, 7) is 1.95. The Hall–Kier alpha value is -1.61. The third-order valence-corrected chi connectivity index (χ3v) is 2.46. The lowest BCUT2D eigenvalue weighted by Gasteiger charge is -2.14.